The Hall–Kier alpha value is -2.78. The maximum absolute atomic E-state index is 13.1. The Bertz CT molecular complexity index is 1010. The Morgan fingerprint density at radius 3 is 2.52 bits per heavy atom. The molecule has 1 atom stereocenters. The predicted molar refractivity (Wildman–Crippen MR) is 110 cm³/mol. The Morgan fingerprint density at radius 1 is 1.00 bits per heavy atom. The summed E-state index contributed by atoms with van der Waals surface area (Å²) in [6.45, 7) is 4.61. The van der Waals surface area contributed by atoms with Gasteiger partial charge >= 0.3 is 0 Å². The number of nitrogens with zero attached hydrogens (tertiary/aromatic N) is 1. The zero-order valence-electron chi connectivity index (χ0n) is 15.4. The highest BCUT2D eigenvalue weighted by Gasteiger charge is 2.36. The summed E-state index contributed by atoms with van der Waals surface area (Å²) in [6, 6.07) is 21.8. The van der Waals surface area contributed by atoms with E-state index in [-0.39, 0.29) is 12.1 Å². The fourth-order valence-corrected chi connectivity index (χ4v) is 3.82. The van der Waals surface area contributed by atoms with Crippen molar-refractivity contribution >= 4 is 23.2 Å². The molecular formula is C23H21ClN2O. The van der Waals surface area contributed by atoms with E-state index in [1.165, 1.54) is 5.56 Å². The number of fused-ring (bicyclic) bond motifs is 1. The average Bonchev–Trinajstić information content (AvgIpc) is 2.92. The van der Waals surface area contributed by atoms with Crippen molar-refractivity contribution in [2.75, 3.05) is 5.32 Å². The number of anilines is 1. The van der Waals surface area contributed by atoms with E-state index < -0.39 is 0 Å². The number of carbonyl (C=O) groups is 1. The monoisotopic (exact) mass is 376 g/mol. The quantitative estimate of drug-likeness (QED) is 0.631. The van der Waals surface area contributed by atoms with Crippen LogP contribution in [0.25, 0.3) is 0 Å². The van der Waals surface area contributed by atoms with Gasteiger partial charge in [-0.2, -0.15) is 0 Å². The molecule has 1 heterocycles. The molecule has 0 radical (unpaired) electrons. The van der Waals surface area contributed by atoms with Gasteiger partial charge in [-0.25, -0.2) is 0 Å². The summed E-state index contributed by atoms with van der Waals surface area (Å²) in [5.74, 6) is 0.0211. The molecule has 3 nitrogen and oxygen atoms in total. The highest BCUT2D eigenvalue weighted by Crippen LogP contribution is 2.37. The van der Waals surface area contributed by atoms with Crippen molar-refractivity contribution < 1.29 is 4.79 Å². The molecule has 4 rings (SSSR count). The normalized spacial score (nSPS) is 15.7. The van der Waals surface area contributed by atoms with Crippen LogP contribution in [0.2, 0.25) is 5.02 Å². The van der Waals surface area contributed by atoms with Crippen LogP contribution < -0.4 is 5.32 Å². The molecule has 27 heavy (non-hydrogen) atoms. The largest absolute Gasteiger partial charge is 0.361 e. The number of rotatable bonds is 4. The van der Waals surface area contributed by atoms with Crippen molar-refractivity contribution in [2.24, 2.45) is 0 Å². The Balaban J connectivity index is 1.72. The molecule has 3 aromatic carbocycles. The van der Waals surface area contributed by atoms with Gasteiger partial charge in [0.05, 0.1) is 0 Å². The van der Waals surface area contributed by atoms with Gasteiger partial charge in [0.1, 0.15) is 6.17 Å². The van der Waals surface area contributed by atoms with Crippen molar-refractivity contribution in [2.45, 2.75) is 26.6 Å². The second-order valence-electron chi connectivity index (χ2n) is 6.98. The maximum Gasteiger partial charge on any atom is 0.256 e. The zero-order valence-corrected chi connectivity index (χ0v) is 16.1. The standard InChI is InChI=1S/C23H21ClN2O/c1-15-11-12-21(16(2)13-15)25-22-18-8-4-5-9-19(18)23(27)26(22)14-17-7-3-6-10-20(17)24/h3-13,22,25H,14H2,1-2H3/t22-/m1/s1. The molecule has 0 bridgehead atoms. The molecule has 0 saturated heterocycles. The molecule has 0 aliphatic carbocycles. The minimum Gasteiger partial charge on any atom is -0.361 e. The van der Waals surface area contributed by atoms with Gasteiger partial charge in [0.25, 0.3) is 5.91 Å². The molecule has 0 aromatic heterocycles. The second-order valence-corrected chi connectivity index (χ2v) is 7.38. The number of aryl methyl sites for hydroxylation is 2. The molecular weight excluding hydrogens is 356 g/mol. The lowest BCUT2D eigenvalue weighted by atomic mass is 10.1. The average molecular weight is 377 g/mol. The van der Waals surface area contributed by atoms with Gasteiger partial charge in [0.2, 0.25) is 0 Å². The molecule has 0 fully saturated rings. The van der Waals surface area contributed by atoms with Crippen LogP contribution in [-0.2, 0) is 6.54 Å². The third-order valence-corrected chi connectivity index (χ3v) is 5.40. The fourth-order valence-electron chi connectivity index (χ4n) is 3.62. The molecule has 136 valence electrons. The van der Waals surface area contributed by atoms with E-state index in [9.17, 15) is 4.79 Å². The van der Waals surface area contributed by atoms with Gasteiger partial charge in [-0.15, -0.1) is 0 Å². The topological polar surface area (TPSA) is 32.3 Å². The summed E-state index contributed by atoms with van der Waals surface area (Å²) < 4.78 is 0. The van der Waals surface area contributed by atoms with Gasteiger partial charge in [-0.3, -0.25) is 4.79 Å². The van der Waals surface area contributed by atoms with Crippen LogP contribution in [0.3, 0.4) is 0 Å². The van der Waals surface area contributed by atoms with E-state index in [4.69, 9.17) is 11.6 Å². The van der Waals surface area contributed by atoms with Crippen LogP contribution in [0.4, 0.5) is 5.69 Å². The summed E-state index contributed by atoms with van der Waals surface area (Å²) >= 11 is 6.35. The number of carbonyl (C=O) groups excluding carboxylic acids is 1. The van der Waals surface area contributed by atoms with E-state index in [2.05, 4.69) is 37.4 Å². The molecule has 3 aromatic rings. The first-order valence-electron chi connectivity index (χ1n) is 9.01. The lowest BCUT2D eigenvalue weighted by molar-refractivity contribution is 0.0729. The molecule has 1 aliphatic heterocycles. The van der Waals surface area contributed by atoms with Crippen molar-refractivity contribution in [3.05, 3.63) is 99.6 Å². The number of hydrogen-bond acceptors (Lipinski definition) is 2. The summed E-state index contributed by atoms with van der Waals surface area (Å²) in [5, 5.41) is 4.25. The maximum atomic E-state index is 13.1. The molecule has 0 unspecified atom stereocenters. The highest BCUT2D eigenvalue weighted by atomic mass is 35.5. The van der Waals surface area contributed by atoms with Crippen LogP contribution in [0.5, 0.6) is 0 Å². The van der Waals surface area contributed by atoms with Crippen molar-refractivity contribution in [3.8, 4) is 0 Å². The molecule has 1 amide bonds. The second kappa shape index (κ2) is 7.09. The molecule has 0 spiro atoms. The summed E-state index contributed by atoms with van der Waals surface area (Å²) in [7, 11) is 0. The van der Waals surface area contributed by atoms with Crippen LogP contribution in [0.15, 0.2) is 66.7 Å². The molecule has 0 saturated carbocycles. The molecule has 4 heteroatoms. The van der Waals surface area contributed by atoms with Gasteiger partial charge in [-0.05, 0) is 43.2 Å². The minimum absolute atomic E-state index is 0.0211. The van der Waals surface area contributed by atoms with Crippen molar-refractivity contribution in [1.29, 1.82) is 0 Å². The van der Waals surface area contributed by atoms with Crippen LogP contribution in [0.1, 0.15) is 38.8 Å². The lowest BCUT2D eigenvalue weighted by Crippen LogP contribution is -2.32. The lowest BCUT2D eigenvalue weighted by Gasteiger charge is -2.28. The van der Waals surface area contributed by atoms with E-state index >= 15 is 0 Å². The SMILES string of the molecule is Cc1ccc(N[C@H]2c3ccccc3C(=O)N2Cc2ccccc2Cl)c(C)c1. The third kappa shape index (κ3) is 3.31. The zero-order chi connectivity index (χ0) is 19.0. The van der Waals surface area contributed by atoms with Crippen LogP contribution >= 0.6 is 11.6 Å². The summed E-state index contributed by atoms with van der Waals surface area (Å²) in [5.41, 5.74) is 6.08. The fraction of sp³-hybridized carbons (Fsp3) is 0.174. The first-order chi connectivity index (χ1) is 13.0. The number of halogens is 1. The third-order valence-electron chi connectivity index (χ3n) is 5.03. The highest BCUT2D eigenvalue weighted by molar-refractivity contribution is 6.31. The first-order valence-corrected chi connectivity index (χ1v) is 9.39. The summed E-state index contributed by atoms with van der Waals surface area (Å²) in [4.78, 5) is 14.9. The Kier molecular flexibility index (Phi) is 4.63. The Labute approximate surface area is 164 Å². The van der Waals surface area contributed by atoms with E-state index in [0.717, 1.165) is 27.9 Å². The van der Waals surface area contributed by atoms with Gasteiger partial charge in [0.15, 0.2) is 0 Å². The minimum atomic E-state index is -0.230. The van der Waals surface area contributed by atoms with Gasteiger partial charge in [0, 0.05) is 28.4 Å². The molecule has 1 N–H and O–H groups in total. The predicted octanol–water partition coefficient (Wildman–Crippen LogP) is 5.72. The van der Waals surface area contributed by atoms with Gasteiger partial charge < -0.3 is 10.2 Å². The van der Waals surface area contributed by atoms with E-state index in [1.54, 1.807) is 0 Å². The number of benzene rings is 3. The van der Waals surface area contributed by atoms with E-state index in [0.29, 0.717) is 11.6 Å². The van der Waals surface area contributed by atoms with Crippen LogP contribution in [0, 0.1) is 13.8 Å². The number of nitrogens with one attached hydrogen (secondary N) is 1. The van der Waals surface area contributed by atoms with E-state index in [1.807, 2.05) is 53.4 Å². The van der Waals surface area contributed by atoms with Crippen LogP contribution in [-0.4, -0.2) is 10.8 Å². The smallest absolute Gasteiger partial charge is 0.256 e. The first kappa shape index (κ1) is 17.6. The number of hydrogen-bond donors (Lipinski definition) is 1. The molecule has 1 aliphatic rings. The summed E-state index contributed by atoms with van der Waals surface area (Å²) in [6.07, 6.45) is -0.230. The number of amides is 1. The van der Waals surface area contributed by atoms with Crippen molar-refractivity contribution in [3.63, 3.8) is 0 Å². The van der Waals surface area contributed by atoms with Crippen molar-refractivity contribution in [1.82, 2.24) is 4.90 Å². The Morgan fingerprint density at radius 2 is 1.74 bits per heavy atom. The van der Waals surface area contributed by atoms with Gasteiger partial charge in [-0.1, -0.05) is 65.7 Å².